The molecule has 3 rings (SSSR count). The van der Waals surface area contributed by atoms with Crippen molar-refractivity contribution in [2.24, 2.45) is 0 Å². The maximum Gasteiger partial charge on any atom is 0.270 e. The molecular formula is C19H14FN3O4. The maximum absolute atomic E-state index is 13.3. The lowest BCUT2D eigenvalue weighted by Crippen LogP contribution is -2.12. The minimum atomic E-state index is -0.568. The summed E-state index contributed by atoms with van der Waals surface area (Å²) in [4.78, 5) is 26.5. The van der Waals surface area contributed by atoms with Gasteiger partial charge in [0.05, 0.1) is 16.8 Å². The van der Waals surface area contributed by atoms with E-state index in [4.69, 9.17) is 4.74 Å². The number of non-ortho nitro benzene ring substituents is 1. The van der Waals surface area contributed by atoms with Gasteiger partial charge in [-0.25, -0.2) is 9.37 Å². The third kappa shape index (κ3) is 4.43. The van der Waals surface area contributed by atoms with Gasteiger partial charge < -0.3 is 10.1 Å². The number of benzene rings is 2. The number of aryl methyl sites for hydroxylation is 1. The second-order valence-electron chi connectivity index (χ2n) is 5.66. The van der Waals surface area contributed by atoms with Gasteiger partial charge in [-0.05, 0) is 42.8 Å². The minimum Gasteiger partial charge on any atom is -0.439 e. The third-order valence-electron chi connectivity index (χ3n) is 3.67. The average Bonchev–Trinajstić information content (AvgIpc) is 2.66. The highest BCUT2D eigenvalue weighted by Gasteiger charge is 2.12. The molecule has 136 valence electrons. The summed E-state index contributed by atoms with van der Waals surface area (Å²) in [6.07, 6.45) is 1.39. The molecule has 27 heavy (non-hydrogen) atoms. The molecule has 3 aromatic rings. The first-order valence-electron chi connectivity index (χ1n) is 7.88. The number of carbonyl (C=O) groups excluding carboxylic acids is 1. The molecule has 0 unspecified atom stereocenters. The van der Waals surface area contributed by atoms with Gasteiger partial charge in [-0.15, -0.1) is 0 Å². The highest BCUT2D eigenvalue weighted by atomic mass is 19.1. The zero-order chi connectivity index (χ0) is 19.4. The minimum absolute atomic E-state index is 0.159. The highest BCUT2D eigenvalue weighted by Crippen LogP contribution is 2.23. The van der Waals surface area contributed by atoms with E-state index in [1.54, 1.807) is 25.1 Å². The number of ether oxygens (including phenoxy) is 1. The fraction of sp³-hybridized carbons (Fsp3) is 0.0526. The van der Waals surface area contributed by atoms with Gasteiger partial charge in [0.2, 0.25) is 5.88 Å². The van der Waals surface area contributed by atoms with Gasteiger partial charge in [0.15, 0.2) is 0 Å². The summed E-state index contributed by atoms with van der Waals surface area (Å²) < 4.78 is 18.8. The van der Waals surface area contributed by atoms with Gasteiger partial charge >= 0.3 is 0 Å². The molecule has 0 aliphatic rings. The predicted octanol–water partition coefficient (Wildman–Crippen LogP) is 4.48. The first kappa shape index (κ1) is 18.0. The number of anilines is 1. The van der Waals surface area contributed by atoms with Crippen molar-refractivity contribution in [3.8, 4) is 11.6 Å². The molecule has 8 heteroatoms. The van der Waals surface area contributed by atoms with E-state index in [9.17, 15) is 19.3 Å². The van der Waals surface area contributed by atoms with E-state index in [1.165, 1.54) is 42.6 Å². The normalized spacial score (nSPS) is 10.3. The van der Waals surface area contributed by atoms with Crippen molar-refractivity contribution in [1.29, 1.82) is 0 Å². The fourth-order valence-corrected chi connectivity index (χ4v) is 2.28. The van der Waals surface area contributed by atoms with Crippen LogP contribution < -0.4 is 10.1 Å². The Morgan fingerprint density at radius 1 is 1.19 bits per heavy atom. The van der Waals surface area contributed by atoms with Crippen LogP contribution in [0.15, 0.2) is 60.8 Å². The number of nitrogens with one attached hydrogen (secondary N) is 1. The number of aromatic nitrogens is 1. The van der Waals surface area contributed by atoms with Crippen LogP contribution in [0, 0.1) is 22.9 Å². The standard InChI is InChI=1S/C19H14FN3O4/c1-12-9-16(6-7-17(12)20)27-18-8-5-14(11-21-18)22-19(24)13-3-2-4-15(10-13)23(25)26/h2-11H,1H3,(H,22,24). The Bertz CT molecular complexity index is 1010. The molecule has 1 aromatic heterocycles. The Labute approximate surface area is 153 Å². The summed E-state index contributed by atoms with van der Waals surface area (Å²) in [5.74, 6) is -0.109. The van der Waals surface area contributed by atoms with E-state index in [1.807, 2.05) is 0 Å². The fourth-order valence-electron chi connectivity index (χ4n) is 2.28. The summed E-state index contributed by atoms with van der Waals surface area (Å²) in [7, 11) is 0. The summed E-state index contributed by atoms with van der Waals surface area (Å²) in [5.41, 5.74) is 0.841. The predicted molar refractivity (Wildman–Crippen MR) is 96.5 cm³/mol. The third-order valence-corrected chi connectivity index (χ3v) is 3.67. The average molecular weight is 367 g/mol. The molecule has 0 spiro atoms. The number of rotatable bonds is 5. The van der Waals surface area contributed by atoms with Crippen molar-refractivity contribution in [3.05, 3.63) is 87.9 Å². The van der Waals surface area contributed by atoms with E-state index < -0.39 is 10.8 Å². The first-order chi connectivity index (χ1) is 12.9. The molecule has 0 radical (unpaired) electrons. The second-order valence-corrected chi connectivity index (χ2v) is 5.66. The van der Waals surface area contributed by atoms with Gasteiger partial charge in [-0.1, -0.05) is 6.07 Å². The molecule has 1 amide bonds. The number of amides is 1. The zero-order valence-corrected chi connectivity index (χ0v) is 14.2. The Balaban J connectivity index is 1.68. The van der Waals surface area contributed by atoms with Crippen molar-refractivity contribution in [2.75, 3.05) is 5.32 Å². The monoisotopic (exact) mass is 367 g/mol. The van der Waals surface area contributed by atoms with Crippen molar-refractivity contribution >= 4 is 17.3 Å². The summed E-state index contributed by atoms with van der Waals surface area (Å²) in [5, 5.41) is 13.4. The van der Waals surface area contributed by atoms with E-state index >= 15 is 0 Å². The molecule has 7 nitrogen and oxygen atoms in total. The molecule has 0 bridgehead atoms. The van der Waals surface area contributed by atoms with Gasteiger partial charge in [0.25, 0.3) is 11.6 Å². The SMILES string of the molecule is Cc1cc(Oc2ccc(NC(=O)c3cccc([N+](=O)[O-])c3)cn2)ccc1F. The quantitative estimate of drug-likeness (QED) is 0.530. The lowest BCUT2D eigenvalue weighted by atomic mass is 10.2. The molecule has 0 aliphatic heterocycles. The number of halogens is 1. The molecule has 0 fully saturated rings. The number of nitrogens with zero attached hydrogens (tertiary/aromatic N) is 2. The lowest BCUT2D eigenvalue weighted by Gasteiger charge is -2.08. The molecule has 0 saturated heterocycles. The number of hydrogen-bond donors (Lipinski definition) is 1. The molecule has 1 N–H and O–H groups in total. The van der Waals surface area contributed by atoms with Crippen LogP contribution in [-0.4, -0.2) is 15.8 Å². The molecule has 0 atom stereocenters. The second kappa shape index (κ2) is 7.61. The van der Waals surface area contributed by atoms with E-state index in [2.05, 4.69) is 10.3 Å². The topological polar surface area (TPSA) is 94.4 Å². The van der Waals surface area contributed by atoms with E-state index in [0.717, 1.165) is 0 Å². The molecular weight excluding hydrogens is 353 g/mol. The van der Waals surface area contributed by atoms with E-state index in [-0.39, 0.29) is 22.9 Å². The smallest absolute Gasteiger partial charge is 0.270 e. The van der Waals surface area contributed by atoms with E-state index in [0.29, 0.717) is 17.0 Å². The number of nitro groups is 1. The van der Waals surface area contributed by atoms with Crippen LogP contribution in [0.3, 0.4) is 0 Å². The highest BCUT2D eigenvalue weighted by molar-refractivity contribution is 6.04. The van der Waals surface area contributed by atoms with Crippen LogP contribution >= 0.6 is 0 Å². The lowest BCUT2D eigenvalue weighted by molar-refractivity contribution is -0.384. The van der Waals surface area contributed by atoms with Crippen LogP contribution in [0.5, 0.6) is 11.6 Å². The van der Waals surface area contributed by atoms with Gasteiger partial charge in [-0.2, -0.15) is 0 Å². The van der Waals surface area contributed by atoms with Gasteiger partial charge in [-0.3, -0.25) is 14.9 Å². The van der Waals surface area contributed by atoms with Crippen LogP contribution in [-0.2, 0) is 0 Å². The molecule has 1 heterocycles. The summed E-state index contributed by atoms with van der Waals surface area (Å²) in [6.45, 7) is 1.63. The Kier molecular flexibility index (Phi) is 5.07. The molecule has 2 aromatic carbocycles. The van der Waals surface area contributed by atoms with Crippen LogP contribution in [0.1, 0.15) is 15.9 Å². The largest absolute Gasteiger partial charge is 0.439 e. The molecule has 0 aliphatic carbocycles. The van der Waals surface area contributed by atoms with Crippen LogP contribution in [0.4, 0.5) is 15.8 Å². The summed E-state index contributed by atoms with van der Waals surface area (Å²) >= 11 is 0. The van der Waals surface area contributed by atoms with Gasteiger partial charge in [0.1, 0.15) is 11.6 Å². The van der Waals surface area contributed by atoms with Crippen molar-refractivity contribution in [1.82, 2.24) is 4.98 Å². The van der Waals surface area contributed by atoms with Crippen molar-refractivity contribution in [3.63, 3.8) is 0 Å². The number of pyridine rings is 1. The number of hydrogen-bond acceptors (Lipinski definition) is 5. The van der Waals surface area contributed by atoms with Crippen molar-refractivity contribution < 1.29 is 18.8 Å². The summed E-state index contributed by atoms with van der Waals surface area (Å²) in [6, 6.07) is 12.9. The Morgan fingerprint density at radius 2 is 2.00 bits per heavy atom. The Hall–Kier alpha value is -3.81. The van der Waals surface area contributed by atoms with Crippen molar-refractivity contribution in [2.45, 2.75) is 6.92 Å². The zero-order valence-electron chi connectivity index (χ0n) is 14.2. The number of nitro benzene ring substituents is 1. The van der Waals surface area contributed by atoms with Gasteiger partial charge in [0, 0.05) is 23.8 Å². The molecule has 0 saturated carbocycles. The number of carbonyl (C=O) groups is 1. The Morgan fingerprint density at radius 3 is 2.67 bits per heavy atom. The van der Waals surface area contributed by atoms with Crippen LogP contribution in [0.2, 0.25) is 0 Å². The maximum atomic E-state index is 13.3. The first-order valence-corrected chi connectivity index (χ1v) is 7.88. The van der Waals surface area contributed by atoms with Crippen LogP contribution in [0.25, 0.3) is 0 Å².